The number of amides is 1. The highest BCUT2D eigenvalue weighted by atomic mass is 16.5. The molecule has 2 heterocycles. The topological polar surface area (TPSA) is 36.0 Å². The van der Waals surface area contributed by atoms with Crippen LogP contribution in [0.1, 0.15) is 25.7 Å². The van der Waals surface area contributed by atoms with Crippen molar-refractivity contribution in [2.75, 3.05) is 57.8 Å². The maximum atomic E-state index is 12.5. The summed E-state index contributed by atoms with van der Waals surface area (Å²) in [5.74, 6) is 1.20. The Morgan fingerprint density at radius 1 is 0.917 bits per heavy atom. The Morgan fingerprint density at radius 3 is 2.12 bits per heavy atom. The van der Waals surface area contributed by atoms with E-state index in [2.05, 4.69) is 26.8 Å². The molecule has 1 aromatic rings. The first kappa shape index (κ1) is 17.1. The minimum absolute atomic E-state index is 0.315. The minimum Gasteiger partial charge on any atom is -0.497 e. The number of methoxy groups -OCH3 is 1. The van der Waals surface area contributed by atoms with E-state index in [4.69, 9.17) is 4.74 Å². The summed E-state index contributed by atoms with van der Waals surface area (Å²) < 4.78 is 5.21. The fourth-order valence-electron chi connectivity index (χ4n) is 3.57. The van der Waals surface area contributed by atoms with Crippen LogP contribution in [-0.4, -0.2) is 68.6 Å². The quantitative estimate of drug-likeness (QED) is 0.848. The van der Waals surface area contributed by atoms with Crippen LogP contribution in [0.15, 0.2) is 24.3 Å². The highest BCUT2D eigenvalue weighted by Gasteiger charge is 2.22. The van der Waals surface area contributed by atoms with Gasteiger partial charge in [0, 0.05) is 45.0 Å². The lowest BCUT2D eigenvalue weighted by Gasteiger charge is -2.36. The van der Waals surface area contributed by atoms with Crippen LogP contribution >= 0.6 is 0 Å². The van der Waals surface area contributed by atoms with Crippen molar-refractivity contribution in [3.63, 3.8) is 0 Å². The van der Waals surface area contributed by atoms with Gasteiger partial charge in [-0.05, 0) is 37.1 Å². The van der Waals surface area contributed by atoms with Crippen molar-refractivity contribution < 1.29 is 9.53 Å². The number of carbonyl (C=O) groups excluding carboxylic acids is 1. The van der Waals surface area contributed by atoms with Gasteiger partial charge in [0.25, 0.3) is 0 Å². The Hall–Kier alpha value is -1.75. The molecule has 1 amide bonds. The van der Waals surface area contributed by atoms with E-state index in [1.54, 1.807) is 7.11 Å². The summed E-state index contributed by atoms with van der Waals surface area (Å²) in [5.41, 5.74) is 1.23. The second kappa shape index (κ2) is 8.38. The third-order valence-electron chi connectivity index (χ3n) is 5.13. The standard InChI is InChI=1S/C19H29N3O2/c1-24-18-8-6-17(7-9-18)21-14-12-20(13-15-21)16-19(23)22-10-4-2-3-5-11-22/h6-9H,2-5,10-16H2,1H3. The first-order valence-corrected chi connectivity index (χ1v) is 9.15. The van der Waals surface area contributed by atoms with Crippen molar-refractivity contribution in [2.24, 2.45) is 0 Å². The first-order valence-electron chi connectivity index (χ1n) is 9.15. The number of ether oxygens (including phenoxy) is 1. The van der Waals surface area contributed by atoms with Crippen LogP contribution in [0.3, 0.4) is 0 Å². The number of carbonyl (C=O) groups is 1. The maximum absolute atomic E-state index is 12.5. The Balaban J connectivity index is 1.46. The Bertz CT molecular complexity index is 516. The molecule has 2 fully saturated rings. The third kappa shape index (κ3) is 4.41. The molecular weight excluding hydrogens is 302 g/mol. The van der Waals surface area contributed by atoms with Crippen LogP contribution in [0, 0.1) is 0 Å². The molecule has 5 heteroatoms. The van der Waals surface area contributed by atoms with E-state index in [1.165, 1.54) is 18.5 Å². The second-order valence-electron chi connectivity index (χ2n) is 6.76. The monoisotopic (exact) mass is 331 g/mol. The van der Waals surface area contributed by atoms with Crippen molar-refractivity contribution in [1.29, 1.82) is 0 Å². The van der Waals surface area contributed by atoms with E-state index in [1.807, 2.05) is 12.1 Å². The largest absolute Gasteiger partial charge is 0.497 e. The highest BCUT2D eigenvalue weighted by Crippen LogP contribution is 2.20. The van der Waals surface area contributed by atoms with Crippen LogP contribution in [-0.2, 0) is 4.79 Å². The number of rotatable bonds is 4. The zero-order valence-corrected chi connectivity index (χ0v) is 14.7. The maximum Gasteiger partial charge on any atom is 0.236 e. The lowest BCUT2D eigenvalue weighted by molar-refractivity contribution is -0.132. The normalized spacial score (nSPS) is 19.9. The van der Waals surface area contributed by atoms with Crippen LogP contribution < -0.4 is 9.64 Å². The van der Waals surface area contributed by atoms with Gasteiger partial charge in [-0.15, -0.1) is 0 Å². The average molecular weight is 331 g/mol. The van der Waals surface area contributed by atoms with Gasteiger partial charge in [-0.1, -0.05) is 12.8 Å². The molecule has 0 spiro atoms. The molecule has 24 heavy (non-hydrogen) atoms. The van der Waals surface area contributed by atoms with Crippen molar-refractivity contribution in [1.82, 2.24) is 9.80 Å². The van der Waals surface area contributed by atoms with Crippen molar-refractivity contribution in [3.05, 3.63) is 24.3 Å². The summed E-state index contributed by atoms with van der Waals surface area (Å²) in [6.45, 7) is 6.32. The second-order valence-corrected chi connectivity index (χ2v) is 6.76. The molecule has 2 aliphatic heterocycles. The van der Waals surface area contributed by atoms with E-state index in [-0.39, 0.29) is 0 Å². The number of anilines is 1. The number of benzene rings is 1. The van der Waals surface area contributed by atoms with E-state index in [0.717, 1.165) is 57.9 Å². The van der Waals surface area contributed by atoms with E-state index in [0.29, 0.717) is 12.5 Å². The molecule has 0 bridgehead atoms. The summed E-state index contributed by atoms with van der Waals surface area (Å²) in [4.78, 5) is 19.3. The number of hydrogen-bond donors (Lipinski definition) is 0. The average Bonchev–Trinajstić information content (AvgIpc) is 2.92. The molecule has 0 aliphatic carbocycles. The molecule has 5 nitrogen and oxygen atoms in total. The van der Waals surface area contributed by atoms with Crippen LogP contribution in [0.25, 0.3) is 0 Å². The molecule has 0 N–H and O–H groups in total. The minimum atomic E-state index is 0.315. The molecular formula is C19H29N3O2. The highest BCUT2D eigenvalue weighted by molar-refractivity contribution is 5.78. The Kier molecular flexibility index (Phi) is 5.96. The number of likely N-dealkylation sites (tertiary alicyclic amines) is 1. The van der Waals surface area contributed by atoms with Crippen molar-refractivity contribution >= 4 is 11.6 Å². The summed E-state index contributed by atoms with van der Waals surface area (Å²) in [5, 5.41) is 0. The van der Waals surface area contributed by atoms with Crippen LogP contribution in [0.5, 0.6) is 5.75 Å². The molecule has 0 radical (unpaired) electrons. The van der Waals surface area contributed by atoms with Gasteiger partial charge in [-0.3, -0.25) is 9.69 Å². The van der Waals surface area contributed by atoms with Gasteiger partial charge < -0.3 is 14.5 Å². The van der Waals surface area contributed by atoms with Crippen LogP contribution in [0.2, 0.25) is 0 Å². The Labute approximate surface area is 145 Å². The van der Waals surface area contributed by atoms with Crippen molar-refractivity contribution in [2.45, 2.75) is 25.7 Å². The van der Waals surface area contributed by atoms with Gasteiger partial charge in [-0.2, -0.15) is 0 Å². The zero-order valence-electron chi connectivity index (χ0n) is 14.7. The Morgan fingerprint density at radius 2 is 1.54 bits per heavy atom. The summed E-state index contributed by atoms with van der Waals surface area (Å²) in [7, 11) is 1.69. The smallest absolute Gasteiger partial charge is 0.236 e. The van der Waals surface area contributed by atoms with Gasteiger partial charge in [-0.25, -0.2) is 0 Å². The van der Waals surface area contributed by atoms with E-state index >= 15 is 0 Å². The van der Waals surface area contributed by atoms with E-state index in [9.17, 15) is 4.79 Å². The van der Waals surface area contributed by atoms with Gasteiger partial charge in [0.1, 0.15) is 5.75 Å². The summed E-state index contributed by atoms with van der Waals surface area (Å²) in [6.07, 6.45) is 4.86. The van der Waals surface area contributed by atoms with Gasteiger partial charge in [0.2, 0.25) is 5.91 Å². The fourth-order valence-corrected chi connectivity index (χ4v) is 3.57. The third-order valence-corrected chi connectivity index (χ3v) is 5.13. The first-order chi connectivity index (χ1) is 11.8. The number of hydrogen-bond acceptors (Lipinski definition) is 4. The molecule has 3 rings (SSSR count). The SMILES string of the molecule is COc1ccc(N2CCN(CC(=O)N3CCCCCC3)CC2)cc1. The molecule has 2 saturated heterocycles. The fraction of sp³-hybridized carbons (Fsp3) is 0.632. The number of nitrogens with zero attached hydrogens (tertiary/aromatic N) is 3. The predicted molar refractivity (Wildman–Crippen MR) is 96.7 cm³/mol. The van der Waals surface area contributed by atoms with Gasteiger partial charge >= 0.3 is 0 Å². The molecule has 132 valence electrons. The van der Waals surface area contributed by atoms with Crippen LogP contribution in [0.4, 0.5) is 5.69 Å². The van der Waals surface area contributed by atoms with Gasteiger partial charge in [0.15, 0.2) is 0 Å². The molecule has 0 saturated carbocycles. The summed E-state index contributed by atoms with van der Waals surface area (Å²) >= 11 is 0. The predicted octanol–water partition coefficient (Wildman–Crippen LogP) is 2.22. The molecule has 0 atom stereocenters. The molecule has 0 unspecified atom stereocenters. The van der Waals surface area contributed by atoms with Crippen molar-refractivity contribution in [3.8, 4) is 5.75 Å². The molecule has 2 aliphatic rings. The zero-order chi connectivity index (χ0) is 16.8. The van der Waals surface area contributed by atoms with Gasteiger partial charge in [0.05, 0.1) is 13.7 Å². The number of piperazine rings is 1. The van der Waals surface area contributed by atoms with E-state index < -0.39 is 0 Å². The molecule has 0 aromatic heterocycles. The lowest BCUT2D eigenvalue weighted by atomic mass is 10.2. The lowest BCUT2D eigenvalue weighted by Crippen LogP contribution is -2.50. The summed E-state index contributed by atoms with van der Waals surface area (Å²) in [6, 6.07) is 8.23. The molecule has 1 aromatic carbocycles.